The summed E-state index contributed by atoms with van der Waals surface area (Å²) in [5.74, 6) is 0.950. The average Bonchev–Trinajstić information content (AvgIpc) is 2.87. The molecule has 2 aromatic heterocycles. The van der Waals surface area contributed by atoms with Gasteiger partial charge in [0.05, 0.1) is 4.88 Å². The second-order valence-electron chi connectivity index (χ2n) is 4.73. The van der Waals surface area contributed by atoms with Gasteiger partial charge < -0.3 is 10.6 Å². The van der Waals surface area contributed by atoms with E-state index in [-0.39, 0.29) is 0 Å². The van der Waals surface area contributed by atoms with Crippen molar-refractivity contribution in [2.45, 2.75) is 18.9 Å². The summed E-state index contributed by atoms with van der Waals surface area (Å²) in [6.07, 6.45) is 2.06. The molecule has 2 N–H and O–H groups in total. The fourth-order valence-corrected chi connectivity index (χ4v) is 3.59. The van der Waals surface area contributed by atoms with E-state index in [2.05, 4.69) is 42.5 Å². The summed E-state index contributed by atoms with van der Waals surface area (Å²) in [5, 5.41) is 10.7. The molecule has 0 radical (unpaired) electrons. The SMILES string of the molecule is NC1CCN(c2ccc(-c3cc(Br)cs3)nn2)CC1. The third-order valence-corrected chi connectivity index (χ3v) is 5.05. The zero-order valence-electron chi connectivity index (χ0n) is 10.4. The third-order valence-electron chi connectivity index (χ3n) is 3.33. The van der Waals surface area contributed by atoms with Gasteiger partial charge in [-0.3, -0.25) is 0 Å². The molecular weight excluding hydrogens is 324 g/mol. The fraction of sp³-hybridized carbons (Fsp3) is 0.385. The maximum absolute atomic E-state index is 5.91. The molecular formula is C13H15BrN4S. The Hall–Kier alpha value is -0.980. The number of nitrogens with two attached hydrogens (primary N) is 1. The van der Waals surface area contributed by atoms with E-state index >= 15 is 0 Å². The highest BCUT2D eigenvalue weighted by Crippen LogP contribution is 2.28. The first-order valence-corrected chi connectivity index (χ1v) is 7.98. The lowest BCUT2D eigenvalue weighted by molar-refractivity contribution is 0.497. The minimum absolute atomic E-state index is 0.340. The largest absolute Gasteiger partial charge is 0.355 e. The van der Waals surface area contributed by atoms with Crippen LogP contribution in [0.4, 0.5) is 5.82 Å². The molecule has 2 aromatic rings. The predicted octanol–water partition coefficient (Wildman–Crippen LogP) is 2.90. The summed E-state index contributed by atoms with van der Waals surface area (Å²) in [5.41, 5.74) is 6.84. The van der Waals surface area contributed by atoms with Gasteiger partial charge in [0, 0.05) is 29.0 Å². The summed E-state index contributed by atoms with van der Waals surface area (Å²) in [6.45, 7) is 1.94. The topological polar surface area (TPSA) is 55.0 Å². The molecule has 0 unspecified atom stereocenters. The molecule has 0 aromatic carbocycles. The van der Waals surface area contributed by atoms with Gasteiger partial charge in [0.15, 0.2) is 5.82 Å². The lowest BCUT2D eigenvalue weighted by Gasteiger charge is -2.30. The van der Waals surface area contributed by atoms with Gasteiger partial charge in [-0.15, -0.1) is 21.5 Å². The Morgan fingerprint density at radius 1 is 1.26 bits per heavy atom. The number of rotatable bonds is 2. The van der Waals surface area contributed by atoms with Crippen LogP contribution in [0.15, 0.2) is 28.1 Å². The van der Waals surface area contributed by atoms with Crippen LogP contribution in [-0.4, -0.2) is 29.3 Å². The highest BCUT2D eigenvalue weighted by atomic mass is 79.9. The quantitative estimate of drug-likeness (QED) is 0.914. The summed E-state index contributed by atoms with van der Waals surface area (Å²) in [4.78, 5) is 3.39. The second kappa shape index (κ2) is 5.56. The number of halogens is 1. The molecule has 1 aliphatic rings. The molecule has 3 rings (SSSR count). The molecule has 0 bridgehead atoms. The Morgan fingerprint density at radius 2 is 2.05 bits per heavy atom. The zero-order chi connectivity index (χ0) is 13.2. The number of hydrogen-bond donors (Lipinski definition) is 1. The molecule has 100 valence electrons. The smallest absolute Gasteiger partial charge is 0.151 e. The molecule has 19 heavy (non-hydrogen) atoms. The summed E-state index contributed by atoms with van der Waals surface area (Å²) < 4.78 is 1.09. The number of aromatic nitrogens is 2. The predicted molar refractivity (Wildman–Crippen MR) is 82.5 cm³/mol. The minimum atomic E-state index is 0.340. The molecule has 1 saturated heterocycles. The summed E-state index contributed by atoms with van der Waals surface area (Å²) in [7, 11) is 0. The van der Waals surface area contributed by atoms with Crippen molar-refractivity contribution >= 4 is 33.1 Å². The Morgan fingerprint density at radius 3 is 2.63 bits per heavy atom. The van der Waals surface area contributed by atoms with Crippen molar-refractivity contribution in [3.8, 4) is 10.6 Å². The highest BCUT2D eigenvalue weighted by Gasteiger charge is 2.17. The van der Waals surface area contributed by atoms with E-state index in [0.29, 0.717) is 6.04 Å². The molecule has 3 heterocycles. The van der Waals surface area contributed by atoms with Gasteiger partial charge in [0.2, 0.25) is 0 Å². The maximum Gasteiger partial charge on any atom is 0.151 e. The molecule has 0 spiro atoms. The van der Waals surface area contributed by atoms with E-state index in [9.17, 15) is 0 Å². The first-order valence-electron chi connectivity index (χ1n) is 6.31. The standard InChI is InChI=1S/C13H15BrN4S/c14-9-7-12(19-8-9)11-1-2-13(17-16-11)18-5-3-10(15)4-6-18/h1-2,7-8,10H,3-6,15H2. The van der Waals surface area contributed by atoms with E-state index in [0.717, 1.165) is 46.8 Å². The molecule has 1 aliphatic heterocycles. The maximum atomic E-state index is 5.91. The molecule has 0 atom stereocenters. The van der Waals surface area contributed by atoms with Gasteiger partial charge in [-0.2, -0.15) is 0 Å². The van der Waals surface area contributed by atoms with Gasteiger partial charge in [-0.1, -0.05) is 0 Å². The Bertz CT molecular complexity index is 546. The summed E-state index contributed by atoms with van der Waals surface area (Å²) >= 11 is 5.12. The fourth-order valence-electron chi connectivity index (χ4n) is 2.20. The number of thiophene rings is 1. The zero-order valence-corrected chi connectivity index (χ0v) is 12.8. The first kappa shape index (κ1) is 13.0. The summed E-state index contributed by atoms with van der Waals surface area (Å²) in [6, 6.07) is 6.49. The molecule has 0 amide bonds. The Balaban J connectivity index is 1.75. The molecule has 1 fully saturated rings. The first-order chi connectivity index (χ1) is 9.22. The molecule has 4 nitrogen and oxygen atoms in total. The van der Waals surface area contributed by atoms with Gasteiger partial charge in [-0.25, -0.2) is 0 Å². The van der Waals surface area contributed by atoms with Gasteiger partial charge in [0.1, 0.15) is 5.69 Å². The van der Waals surface area contributed by atoms with Crippen LogP contribution in [-0.2, 0) is 0 Å². The van der Waals surface area contributed by atoms with E-state index < -0.39 is 0 Å². The molecule has 0 aliphatic carbocycles. The number of hydrogen-bond acceptors (Lipinski definition) is 5. The van der Waals surface area contributed by atoms with Crippen LogP contribution in [0.3, 0.4) is 0 Å². The van der Waals surface area contributed by atoms with Crippen LogP contribution in [0.5, 0.6) is 0 Å². The monoisotopic (exact) mass is 338 g/mol. The Kier molecular flexibility index (Phi) is 3.81. The third kappa shape index (κ3) is 2.96. The van der Waals surface area contributed by atoms with Crippen molar-refractivity contribution in [1.82, 2.24) is 10.2 Å². The van der Waals surface area contributed by atoms with E-state index in [1.807, 2.05) is 12.1 Å². The highest BCUT2D eigenvalue weighted by molar-refractivity contribution is 9.10. The van der Waals surface area contributed by atoms with Gasteiger partial charge in [-0.05, 0) is 47.0 Å². The van der Waals surface area contributed by atoms with Crippen molar-refractivity contribution < 1.29 is 0 Å². The lowest BCUT2D eigenvalue weighted by atomic mass is 10.1. The average molecular weight is 339 g/mol. The molecule has 6 heteroatoms. The molecule has 0 saturated carbocycles. The van der Waals surface area contributed by atoms with Crippen molar-refractivity contribution in [1.29, 1.82) is 0 Å². The van der Waals surface area contributed by atoms with E-state index in [1.54, 1.807) is 11.3 Å². The van der Waals surface area contributed by atoms with Crippen LogP contribution in [0.25, 0.3) is 10.6 Å². The van der Waals surface area contributed by atoms with Crippen LogP contribution < -0.4 is 10.6 Å². The van der Waals surface area contributed by atoms with Crippen LogP contribution in [0.1, 0.15) is 12.8 Å². The van der Waals surface area contributed by atoms with E-state index in [4.69, 9.17) is 5.73 Å². The normalized spacial score (nSPS) is 16.8. The van der Waals surface area contributed by atoms with Crippen LogP contribution >= 0.6 is 27.3 Å². The van der Waals surface area contributed by atoms with Gasteiger partial charge in [0.25, 0.3) is 0 Å². The number of anilines is 1. The van der Waals surface area contributed by atoms with Crippen molar-refractivity contribution in [2.75, 3.05) is 18.0 Å². The lowest BCUT2D eigenvalue weighted by Crippen LogP contribution is -2.40. The number of piperidine rings is 1. The minimum Gasteiger partial charge on any atom is -0.355 e. The Labute approximate surface area is 124 Å². The van der Waals surface area contributed by atoms with Crippen LogP contribution in [0, 0.1) is 0 Å². The van der Waals surface area contributed by atoms with Gasteiger partial charge >= 0.3 is 0 Å². The van der Waals surface area contributed by atoms with Crippen LogP contribution in [0.2, 0.25) is 0 Å². The van der Waals surface area contributed by atoms with E-state index in [1.165, 1.54) is 0 Å². The second-order valence-corrected chi connectivity index (χ2v) is 6.56. The van der Waals surface area contributed by atoms with Crippen molar-refractivity contribution in [3.05, 3.63) is 28.1 Å². The van der Waals surface area contributed by atoms with Crippen molar-refractivity contribution in [2.24, 2.45) is 5.73 Å². The number of nitrogens with zero attached hydrogens (tertiary/aromatic N) is 3. The van der Waals surface area contributed by atoms with Crippen molar-refractivity contribution in [3.63, 3.8) is 0 Å².